The molecule has 2 heterocycles. The van der Waals surface area contributed by atoms with Crippen molar-refractivity contribution < 1.29 is 14.3 Å². The number of aliphatic hydroxyl groups excluding tert-OH is 1. The first-order valence-corrected chi connectivity index (χ1v) is 8.69. The fourth-order valence-corrected chi connectivity index (χ4v) is 3.17. The van der Waals surface area contributed by atoms with Gasteiger partial charge in [0, 0.05) is 18.4 Å². The number of aliphatic hydroxyl groups is 1. The summed E-state index contributed by atoms with van der Waals surface area (Å²) in [5.74, 6) is -0.732. The molecule has 3 rings (SSSR count). The van der Waals surface area contributed by atoms with Crippen molar-refractivity contribution in [1.82, 2.24) is 9.38 Å². The third-order valence-electron chi connectivity index (χ3n) is 4.74. The van der Waals surface area contributed by atoms with Gasteiger partial charge in [0.25, 0.3) is 0 Å². The summed E-state index contributed by atoms with van der Waals surface area (Å²) in [7, 11) is 0. The molecule has 6 nitrogen and oxygen atoms in total. The lowest BCUT2D eigenvalue weighted by Gasteiger charge is -2.15. The molecule has 0 unspecified atom stereocenters. The number of carbonyl (C=O) groups is 1. The van der Waals surface area contributed by atoms with Crippen molar-refractivity contribution in [3.8, 4) is 0 Å². The largest absolute Gasteiger partial charge is 0.387 e. The first-order chi connectivity index (χ1) is 12.8. The van der Waals surface area contributed by atoms with Gasteiger partial charge in [0.15, 0.2) is 5.65 Å². The minimum atomic E-state index is -0.587. The van der Waals surface area contributed by atoms with Gasteiger partial charge in [-0.3, -0.25) is 4.79 Å². The number of imidazole rings is 1. The standard InChI is InChI=1S/C20H23FN4O2/c1-11-5-15(21)6-12(2)17(11)8-22-18-7-16(24-19(27)10-26)9-25-14(4)13(3)23-20(18)25/h5-7,9,22,26H,8,10H2,1-4H3,(H,24,27). The second-order valence-corrected chi connectivity index (χ2v) is 6.70. The number of halogens is 1. The van der Waals surface area contributed by atoms with Crippen molar-refractivity contribution in [2.45, 2.75) is 34.2 Å². The molecule has 0 radical (unpaired) electrons. The van der Waals surface area contributed by atoms with Crippen molar-refractivity contribution in [2.75, 3.05) is 17.2 Å². The van der Waals surface area contributed by atoms with E-state index in [9.17, 15) is 9.18 Å². The minimum absolute atomic E-state index is 0.246. The van der Waals surface area contributed by atoms with Gasteiger partial charge in [-0.1, -0.05) is 0 Å². The lowest BCUT2D eigenvalue weighted by atomic mass is 10.0. The summed E-state index contributed by atoms with van der Waals surface area (Å²) in [5.41, 5.74) is 6.64. The zero-order valence-corrected chi connectivity index (χ0v) is 15.9. The van der Waals surface area contributed by atoms with Gasteiger partial charge in [-0.25, -0.2) is 9.37 Å². The van der Waals surface area contributed by atoms with Crippen molar-refractivity contribution in [3.63, 3.8) is 0 Å². The van der Waals surface area contributed by atoms with E-state index in [1.165, 1.54) is 12.1 Å². The molecule has 142 valence electrons. The van der Waals surface area contributed by atoms with Crippen LogP contribution in [0.5, 0.6) is 0 Å². The lowest BCUT2D eigenvalue weighted by molar-refractivity contribution is -0.118. The molecular weight excluding hydrogens is 347 g/mol. The van der Waals surface area contributed by atoms with E-state index in [1.807, 2.05) is 32.1 Å². The Hall–Kier alpha value is -2.93. The number of pyridine rings is 1. The summed E-state index contributed by atoms with van der Waals surface area (Å²) in [6.45, 7) is 7.54. The molecule has 7 heteroatoms. The van der Waals surface area contributed by atoms with Gasteiger partial charge < -0.3 is 20.1 Å². The average Bonchev–Trinajstić information content (AvgIpc) is 2.89. The Morgan fingerprint density at radius 3 is 2.48 bits per heavy atom. The van der Waals surface area contributed by atoms with E-state index in [0.717, 1.165) is 39.4 Å². The molecule has 0 aliphatic heterocycles. The number of fused-ring (bicyclic) bond motifs is 1. The quantitative estimate of drug-likeness (QED) is 0.644. The Balaban J connectivity index is 2.00. The molecule has 1 aromatic carbocycles. The van der Waals surface area contributed by atoms with Crippen LogP contribution in [-0.4, -0.2) is 27.0 Å². The molecule has 0 bridgehead atoms. The summed E-state index contributed by atoms with van der Waals surface area (Å²) in [4.78, 5) is 16.2. The number of nitrogens with zero attached hydrogens (tertiary/aromatic N) is 2. The molecule has 2 aromatic heterocycles. The highest BCUT2D eigenvalue weighted by Gasteiger charge is 2.13. The number of hydrogen-bond acceptors (Lipinski definition) is 4. The van der Waals surface area contributed by atoms with Gasteiger partial charge in [0.1, 0.15) is 12.4 Å². The second-order valence-electron chi connectivity index (χ2n) is 6.70. The van der Waals surface area contributed by atoms with E-state index in [-0.39, 0.29) is 5.82 Å². The number of rotatable bonds is 5. The predicted molar refractivity (Wildman–Crippen MR) is 104 cm³/mol. The number of hydrogen-bond donors (Lipinski definition) is 3. The number of aromatic nitrogens is 2. The average molecular weight is 370 g/mol. The maximum atomic E-state index is 13.5. The molecule has 27 heavy (non-hydrogen) atoms. The lowest BCUT2D eigenvalue weighted by Crippen LogP contribution is -2.16. The number of anilines is 2. The summed E-state index contributed by atoms with van der Waals surface area (Å²) in [5, 5.41) is 15.0. The monoisotopic (exact) mass is 370 g/mol. The first-order valence-electron chi connectivity index (χ1n) is 8.69. The number of nitrogens with one attached hydrogen (secondary N) is 2. The van der Waals surface area contributed by atoms with Crippen LogP contribution < -0.4 is 10.6 Å². The van der Waals surface area contributed by atoms with Gasteiger partial charge in [0.05, 0.1) is 17.1 Å². The fraction of sp³-hybridized carbons (Fsp3) is 0.300. The fourth-order valence-electron chi connectivity index (χ4n) is 3.17. The highest BCUT2D eigenvalue weighted by molar-refractivity contribution is 5.92. The van der Waals surface area contributed by atoms with Gasteiger partial charge >= 0.3 is 0 Å². The normalized spacial score (nSPS) is 11.0. The van der Waals surface area contributed by atoms with Gasteiger partial charge in [-0.15, -0.1) is 0 Å². The Morgan fingerprint density at radius 1 is 1.19 bits per heavy atom. The molecular formula is C20H23FN4O2. The van der Waals surface area contributed by atoms with Crippen LogP contribution in [-0.2, 0) is 11.3 Å². The van der Waals surface area contributed by atoms with Crippen molar-refractivity contribution in [2.24, 2.45) is 0 Å². The van der Waals surface area contributed by atoms with E-state index >= 15 is 0 Å². The Labute approximate surface area is 157 Å². The summed E-state index contributed by atoms with van der Waals surface area (Å²) >= 11 is 0. The molecule has 0 atom stereocenters. The van der Waals surface area contributed by atoms with E-state index < -0.39 is 12.5 Å². The maximum Gasteiger partial charge on any atom is 0.250 e. The summed E-state index contributed by atoms with van der Waals surface area (Å²) < 4.78 is 15.4. The Bertz CT molecular complexity index is 1000. The summed E-state index contributed by atoms with van der Waals surface area (Å²) in [6, 6.07) is 4.81. The molecule has 3 aromatic rings. The van der Waals surface area contributed by atoms with Gasteiger partial charge in [-0.05, 0) is 62.6 Å². The molecule has 0 saturated heterocycles. The number of benzene rings is 1. The third-order valence-corrected chi connectivity index (χ3v) is 4.74. The van der Waals surface area contributed by atoms with E-state index in [4.69, 9.17) is 5.11 Å². The highest BCUT2D eigenvalue weighted by Crippen LogP contribution is 2.26. The summed E-state index contributed by atoms with van der Waals surface area (Å²) in [6.07, 6.45) is 1.78. The van der Waals surface area contributed by atoms with Crippen molar-refractivity contribution >= 4 is 22.9 Å². The highest BCUT2D eigenvalue weighted by atomic mass is 19.1. The number of amides is 1. The van der Waals surface area contributed by atoms with Crippen LogP contribution in [0.2, 0.25) is 0 Å². The molecule has 1 amide bonds. The Kier molecular flexibility index (Phi) is 5.14. The first kappa shape index (κ1) is 18.8. The van der Waals surface area contributed by atoms with Crippen molar-refractivity contribution in [3.05, 3.63) is 58.3 Å². The second kappa shape index (κ2) is 7.36. The van der Waals surface area contributed by atoms with Gasteiger partial charge in [0.2, 0.25) is 5.91 Å². The number of aryl methyl sites for hydroxylation is 4. The van der Waals surface area contributed by atoms with Crippen LogP contribution in [0.1, 0.15) is 28.1 Å². The van der Waals surface area contributed by atoms with Crippen molar-refractivity contribution in [1.29, 1.82) is 0 Å². The molecule has 0 aliphatic rings. The van der Waals surface area contributed by atoms with Crippen LogP contribution in [0, 0.1) is 33.5 Å². The smallest absolute Gasteiger partial charge is 0.250 e. The van der Waals surface area contributed by atoms with Crippen LogP contribution >= 0.6 is 0 Å². The van der Waals surface area contributed by atoms with Crippen LogP contribution in [0.4, 0.5) is 15.8 Å². The zero-order valence-electron chi connectivity index (χ0n) is 15.9. The van der Waals surface area contributed by atoms with Gasteiger partial charge in [-0.2, -0.15) is 0 Å². The third kappa shape index (κ3) is 3.78. The van der Waals surface area contributed by atoms with Crippen LogP contribution in [0.15, 0.2) is 24.4 Å². The predicted octanol–water partition coefficient (Wildman–Crippen LogP) is 3.25. The molecule has 0 aliphatic carbocycles. The molecule has 0 spiro atoms. The molecule has 3 N–H and O–H groups in total. The van der Waals surface area contributed by atoms with E-state index in [2.05, 4.69) is 15.6 Å². The van der Waals surface area contributed by atoms with E-state index in [0.29, 0.717) is 12.2 Å². The zero-order chi connectivity index (χ0) is 19.7. The Morgan fingerprint density at radius 2 is 1.85 bits per heavy atom. The van der Waals surface area contributed by atoms with Crippen LogP contribution in [0.3, 0.4) is 0 Å². The topological polar surface area (TPSA) is 78.7 Å². The molecule has 0 fully saturated rings. The SMILES string of the molecule is Cc1cc(F)cc(C)c1CNc1cc(NC(=O)CO)cn2c(C)c(C)nc12. The minimum Gasteiger partial charge on any atom is -0.387 e. The molecule has 0 saturated carbocycles. The van der Waals surface area contributed by atoms with E-state index in [1.54, 1.807) is 12.3 Å². The van der Waals surface area contributed by atoms with Crippen LogP contribution in [0.25, 0.3) is 5.65 Å². The number of carbonyl (C=O) groups excluding carboxylic acids is 1. The maximum absolute atomic E-state index is 13.5.